The van der Waals surface area contributed by atoms with Crippen LogP contribution in [-0.2, 0) is 9.53 Å². The van der Waals surface area contributed by atoms with Crippen molar-refractivity contribution in [2.45, 2.75) is 0 Å². The molecule has 0 aliphatic carbocycles. The summed E-state index contributed by atoms with van der Waals surface area (Å²) in [7, 11) is 2.63. The van der Waals surface area contributed by atoms with Crippen molar-refractivity contribution in [1.29, 1.82) is 5.26 Å². The molecule has 0 saturated carbocycles. The van der Waals surface area contributed by atoms with Gasteiger partial charge in [0.1, 0.15) is 18.2 Å². The molecule has 0 radical (unpaired) electrons. The number of carbonyl (C=O) groups excluding carboxylic acids is 1. The lowest BCUT2D eigenvalue weighted by Crippen LogP contribution is -2.03. The number of terminal acetylenes is 1. The summed E-state index contributed by atoms with van der Waals surface area (Å²) < 4.78 is 15.0. The number of hydrogen-bond acceptors (Lipinski definition) is 5. The van der Waals surface area contributed by atoms with Gasteiger partial charge >= 0.3 is 5.97 Å². The van der Waals surface area contributed by atoms with Gasteiger partial charge < -0.3 is 14.2 Å². The predicted molar refractivity (Wildman–Crippen MR) is 77.9 cm³/mol. The Morgan fingerprint density at radius 2 is 2.19 bits per heavy atom. The van der Waals surface area contributed by atoms with Crippen LogP contribution in [0.25, 0.3) is 6.08 Å². The number of benzene rings is 1. The highest BCUT2D eigenvalue weighted by molar-refractivity contribution is 6.32. The molecular formula is C15H12ClNO4. The second-order valence-corrected chi connectivity index (χ2v) is 4.10. The zero-order chi connectivity index (χ0) is 15.8. The van der Waals surface area contributed by atoms with Gasteiger partial charge in [-0.15, -0.1) is 6.42 Å². The first-order valence-corrected chi connectivity index (χ1v) is 6.09. The van der Waals surface area contributed by atoms with Crippen molar-refractivity contribution >= 4 is 23.6 Å². The van der Waals surface area contributed by atoms with E-state index in [1.807, 2.05) is 0 Å². The molecule has 0 amide bonds. The molecule has 6 heteroatoms. The maximum Gasteiger partial charge on any atom is 0.348 e. The third-order valence-electron chi connectivity index (χ3n) is 2.39. The Kier molecular flexibility index (Phi) is 6.13. The summed E-state index contributed by atoms with van der Waals surface area (Å²) in [6.07, 6.45) is 6.46. The summed E-state index contributed by atoms with van der Waals surface area (Å²) in [5.41, 5.74) is 0.333. The van der Waals surface area contributed by atoms with Crippen LogP contribution >= 0.6 is 11.6 Å². The first kappa shape index (κ1) is 16.4. The third kappa shape index (κ3) is 4.17. The molecule has 0 bridgehead atoms. The van der Waals surface area contributed by atoms with E-state index in [4.69, 9.17) is 32.8 Å². The molecule has 0 fully saturated rings. The van der Waals surface area contributed by atoms with E-state index in [0.717, 1.165) is 0 Å². The molecule has 0 aromatic heterocycles. The largest absolute Gasteiger partial charge is 0.493 e. The predicted octanol–water partition coefficient (Wildman–Crippen LogP) is 2.44. The lowest BCUT2D eigenvalue weighted by molar-refractivity contribution is -0.135. The third-order valence-corrected chi connectivity index (χ3v) is 2.67. The minimum atomic E-state index is -0.736. The Morgan fingerprint density at radius 1 is 1.48 bits per heavy atom. The number of hydrogen-bond donors (Lipinski definition) is 0. The molecule has 1 rings (SSSR count). The van der Waals surface area contributed by atoms with Crippen molar-refractivity contribution in [2.24, 2.45) is 0 Å². The molecule has 1 aromatic rings. The van der Waals surface area contributed by atoms with E-state index in [2.05, 4.69) is 10.7 Å². The van der Waals surface area contributed by atoms with Gasteiger partial charge in [0.05, 0.1) is 19.2 Å². The SMILES string of the molecule is C#CCOc1c(Cl)cc(/C=C(\C#N)C(=O)OC)cc1OC. The highest BCUT2D eigenvalue weighted by Gasteiger charge is 2.13. The fourth-order valence-corrected chi connectivity index (χ4v) is 1.76. The maximum absolute atomic E-state index is 11.4. The molecule has 0 aliphatic rings. The van der Waals surface area contributed by atoms with E-state index in [-0.39, 0.29) is 17.2 Å². The summed E-state index contributed by atoms with van der Waals surface area (Å²) >= 11 is 6.09. The van der Waals surface area contributed by atoms with Gasteiger partial charge in [-0.05, 0) is 23.8 Å². The van der Waals surface area contributed by atoms with E-state index in [1.54, 1.807) is 12.1 Å². The van der Waals surface area contributed by atoms with E-state index in [1.165, 1.54) is 26.4 Å². The topological polar surface area (TPSA) is 68.5 Å². The van der Waals surface area contributed by atoms with Gasteiger partial charge in [0.25, 0.3) is 0 Å². The Hall–Kier alpha value is -2.63. The molecule has 1 aromatic carbocycles. The van der Waals surface area contributed by atoms with Crippen molar-refractivity contribution in [3.63, 3.8) is 0 Å². The van der Waals surface area contributed by atoms with Crippen molar-refractivity contribution in [2.75, 3.05) is 20.8 Å². The minimum absolute atomic E-state index is 0.0386. The van der Waals surface area contributed by atoms with Gasteiger partial charge in [0.2, 0.25) is 0 Å². The molecule has 0 saturated heterocycles. The number of ether oxygens (including phenoxy) is 3. The van der Waals surface area contributed by atoms with E-state index in [9.17, 15) is 4.79 Å². The number of rotatable bonds is 5. The molecule has 5 nitrogen and oxygen atoms in total. The van der Waals surface area contributed by atoms with Gasteiger partial charge in [0, 0.05) is 0 Å². The zero-order valence-corrected chi connectivity index (χ0v) is 12.2. The molecule has 21 heavy (non-hydrogen) atoms. The van der Waals surface area contributed by atoms with E-state index < -0.39 is 5.97 Å². The van der Waals surface area contributed by atoms with Gasteiger partial charge in [-0.3, -0.25) is 0 Å². The smallest absolute Gasteiger partial charge is 0.348 e. The quantitative estimate of drug-likeness (QED) is 0.362. The number of nitriles is 1. The first-order valence-electron chi connectivity index (χ1n) is 5.71. The Morgan fingerprint density at radius 3 is 2.71 bits per heavy atom. The molecule has 0 heterocycles. The molecule has 0 spiro atoms. The van der Waals surface area contributed by atoms with Crippen LogP contribution in [0.15, 0.2) is 17.7 Å². The molecule has 0 aliphatic heterocycles. The second-order valence-electron chi connectivity index (χ2n) is 3.69. The summed E-state index contributed by atoms with van der Waals surface area (Å²) in [5.74, 6) is 2.22. The molecule has 108 valence electrons. The number of carbonyl (C=O) groups is 1. The van der Waals surface area contributed by atoms with Crippen molar-refractivity contribution in [1.82, 2.24) is 0 Å². The highest BCUT2D eigenvalue weighted by atomic mass is 35.5. The van der Waals surface area contributed by atoms with Crippen LogP contribution in [0.1, 0.15) is 5.56 Å². The van der Waals surface area contributed by atoms with E-state index in [0.29, 0.717) is 17.1 Å². The lowest BCUT2D eigenvalue weighted by Gasteiger charge is -2.11. The van der Waals surface area contributed by atoms with Crippen LogP contribution in [0.4, 0.5) is 0 Å². The Balaban J connectivity index is 3.26. The van der Waals surface area contributed by atoms with Crippen molar-refractivity contribution in [3.8, 4) is 29.9 Å². The number of esters is 1. The Labute approximate surface area is 127 Å². The molecule has 0 N–H and O–H groups in total. The van der Waals surface area contributed by atoms with Gasteiger partial charge in [-0.1, -0.05) is 17.5 Å². The van der Waals surface area contributed by atoms with Crippen molar-refractivity contribution < 1.29 is 19.0 Å². The highest BCUT2D eigenvalue weighted by Crippen LogP contribution is 2.37. The summed E-state index contributed by atoms with van der Waals surface area (Å²) in [6, 6.07) is 4.84. The maximum atomic E-state index is 11.4. The molecule has 0 atom stereocenters. The standard InChI is InChI=1S/C15H12ClNO4/c1-4-5-21-14-12(16)7-10(8-13(14)19-2)6-11(9-17)15(18)20-3/h1,6-8H,5H2,2-3H3/b11-6+. The number of methoxy groups -OCH3 is 2. The van der Waals surface area contributed by atoms with Gasteiger partial charge in [-0.25, -0.2) is 4.79 Å². The van der Waals surface area contributed by atoms with Crippen LogP contribution in [0.5, 0.6) is 11.5 Å². The normalized spacial score (nSPS) is 10.2. The summed E-state index contributed by atoms with van der Waals surface area (Å²) in [6.45, 7) is 0.0386. The van der Waals surface area contributed by atoms with Crippen LogP contribution in [0.3, 0.4) is 0 Å². The van der Waals surface area contributed by atoms with Crippen LogP contribution in [0.2, 0.25) is 5.02 Å². The zero-order valence-electron chi connectivity index (χ0n) is 11.5. The van der Waals surface area contributed by atoms with Crippen LogP contribution in [0, 0.1) is 23.7 Å². The molecular weight excluding hydrogens is 294 g/mol. The average Bonchev–Trinajstić information content (AvgIpc) is 2.50. The monoisotopic (exact) mass is 305 g/mol. The molecule has 0 unspecified atom stereocenters. The first-order chi connectivity index (χ1) is 10.1. The van der Waals surface area contributed by atoms with Crippen molar-refractivity contribution in [3.05, 3.63) is 28.3 Å². The van der Waals surface area contributed by atoms with E-state index >= 15 is 0 Å². The van der Waals surface area contributed by atoms with Gasteiger partial charge in [0.15, 0.2) is 11.5 Å². The van der Waals surface area contributed by atoms with Gasteiger partial charge in [-0.2, -0.15) is 5.26 Å². The fourth-order valence-electron chi connectivity index (χ4n) is 1.49. The summed E-state index contributed by atoms with van der Waals surface area (Å²) in [5, 5.41) is 9.17. The van der Waals surface area contributed by atoms with Crippen LogP contribution in [-0.4, -0.2) is 26.8 Å². The number of nitrogens with zero attached hydrogens (tertiary/aromatic N) is 1. The summed E-state index contributed by atoms with van der Waals surface area (Å²) in [4.78, 5) is 11.4. The van der Waals surface area contributed by atoms with Crippen LogP contribution < -0.4 is 9.47 Å². The lowest BCUT2D eigenvalue weighted by atomic mass is 10.1. The second kappa shape index (κ2) is 7.84. The Bertz CT molecular complexity index is 653. The fraction of sp³-hybridized carbons (Fsp3) is 0.200. The minimum Gasteiger partial charge on any atom is -0.493 e. The average molecular weight is 306 g/mol. The number of halogens is 1.